The molecule has 1 amide bonds. The molecule has 92 valence electrons. The summed E-state index contributed by atoms with van der Waals surface area (Å²) < 4.78 is 0. The Hall–Kier alpha value is -1.69. The fourth-order valence-electron chi connectivity index (χ4n) is 1.32. The standard InChI is InChI=1S/C11H16N4OS/c1-3-13-10(16)7-15(2)9-6-4-5-8(14-9)11(12)17/h4-6H,3,7H2,1-2H3,(H2,12,17)(H,13,16). The van der Waals surface area contributed by atoms with E-state index in [2.05, 4.69) is 10.3 Å². The molecule has 0 aromatic carbocycles. The van der Waals surface area contributed by atoms with E-state index in [1.165, 1.54) is 0 Å². The van der Waals surface area contributed by atoms with Crippen molar-refractivity contribution in [3.05, 3.63) is 23.9 Å². The normalized spacial score (nSPS) is 9.76. The molecule has 0 atom stereocenters. The van der Waals surface area contributed by atoms with E-state index in [9.17, 15) is 4.79 Å². The number of nitrogens with zero attached hydrogens (tertiary/aromatic N) is 2. The predicted octanol–water partition coefficient (Wildman–Crippen LogP) is 0.288. The summed E-state index contributed by atoms with van der Waals surface area (Å²) in [5.41, 5.74) is 6.06. The Morgan fingerprint density at radius 1 is 1.59 bits per heavy atom. The van der Waals surface area contributed by atoms with Crippen LogP contribution in [-0.2, 0) is 4.79 Å². The van der Waals surface area contributed by atoms with Crippen LogP contribution in [0.1, 0.15) is 12.6 Å². The van der Waals surface area contributed by atoms with Crippen molar-refractivity contribution in [3.63, 3.8) is 0 Å². The number of aromatic nitrogens is 1. The zero-order chi connectivity index (χ0) is 12.8. The number of pyridine rings is 1. The molecule has 0 bridgehead atoms. The third-order valence-electron chi connectivity index (χ3n) is 2.13. The highest BCUT2D eigenvalue weighted by Crippen LogP contribution is 2.09. The van der Waals surface area contributed by atoms with Gasteiger partial charge in [0.05, 0.1) is 12.2 Å². The minimum Gasteiger partial charge on any atom is -0.388 e. The van der Waals surface area contributed by atoms with Crippen LogP contribution in [-0.4, -0.2) is 36.0 Å². The third-order valence-corrected chi connectivity index (χ3v) is 2.34. The number of nitrogens with two attached hydrogens (primary N) is 1. The van der Waals surface area contributed by atoms with Gasteiger partial charge in [-0.15, -0.1) is 0 Å². The molecule has 5 nitrogen and oxygen atoms in total. The Kier molecular flexibility index (Phi) is 4.84. The summed E-state index contributed by atoms with van der Waals surface area (Å²) in [5, 5.41) is 2.72. The van der Waals surface area contributed by atoms with Crippen LogP contribution in [0.4, 0.5) is 5.82 Å². The van der Waals surface area contributed by atoms with E-state index < -0.39 is 0 Å². The molecule has 1 heterocycles. The Labute approximate surface area is 106 Å². The van der Waals surface area contributed by atoms with Gasteiger partial charge in [0.25, 0.3) is 0 Å². The molecule has 3 N–H and O–H groups in total. The summed E-state index contributed by atoms with van der Waals surface area (Å²) in [6, 6.07) is 5.36. The van der Waals surface area contributed by atoms with Gasteiger partial charge >= 0.3 is 0 Å². The van der Waals surface area contributed by atoms with Crippen LogP contribution >= 0.6 is 12.2 Å². The smallest absolute Gasteiger partial charge is 0.239 e. The molecule has 17 heavy (non-hydrogen) atoms. The number of likely N-dealkylation sites (N-methyl/N-ethyl adjacent to an activating group) is 2. The maximum absolute atomic E-state index is 11.4. The first kappa shape index (κ1) is 13.4. The van der Waals surface area contributed by atoms with E-state index in [-0.39, 0.29) is 17.4 Å². The largest absolute Gasteiger partial charge is 0.388 e. The van der Waals surface area contributed by atoms with Gasteiger partial charge in [-0.25, -0.2) is 4.98 Å². The van der Waals surface area contributed by atoms with Crippen molar-refractivity contribution < 1.29 is 4.79 Å². The first-order valence-corrected chi connectivity index (χ1v) is 5.70. The summed E-state index contributed by atoms with van der Waals surface area (Å²) in [5.74, 6) is 0.624. The van der Waals surface area contributed by atoms with Gasteiger partial charge in [0.15, 0.2) is 0 Å². The second-order valence-corrected chi connectivity index (χ2v) is 3.99. The lowest BCUT2D eigenvalue weighted by Crippen LogP contribution is -2.35. The lowest BCUT2D eigenvalue weighted by Gasteiger charge is -2.17. The van der Waals surface area contributed by atoms with E-state index >= 15 is 0 Å². The van der Waals surface area contributed by atoms with Crippen LogP contribution < -0.4 is 16.0 Å². The maximum atomic E-state index is 11.4. The molecule has 6 heteroatoms. The van der Waals surface area contributed by atoms with Crippen LogP contribution in [0.15, 0.2) is 18.2 Å². The Balaban J connectivity index is 2.75. The van der Waals surface area contributed by atoms with Gasteiger partial charge in [0, 0.05) is 13.6 Å². The molecule has 0 spiro atoms. The van der Waals surface area contributed by atoms with Crippen molar-refractivity contribution >= 4 is 28.9 Å². The van der Waals surface area contributed by atoms with Crippen molar-refractivity contribution in [2.45, 2.75) is 6.92 Å². The number of hydrogen-bond donors (Lipinski definition) is 2. The van der Waals surface area contributed by atoms with Gasteiger partial charge in [-0.1, -0.05) is 18.3 Å². The molecule has 1 aromatic heterocycles. The van der Waals surface area contributed by atoms with Crippen LogP contribution in [0.2, 0.25) is 0 Å². The lowest BCUT2D eigenvalue weighted by molar-refractivity contribution is -0.119. The van der Waals surface area contributed by atoms with Gasteiger partial charge < -0.3 is 16.0 Å². The van der Waals surface area contributed by atoms with Crippen molar-refractivity contribution in [1.29, 1.82) is 0 Å². The molecule has 1 aromatic rings. The van der Waals surface area contributed by atoms with E-state index in [1.54, 1.807) is 24.1 Å². The number of thiocarbonyl (C=S) groups is 1. The number of amides is 1. The highest BCUT2D eigenvalue weighted by Gasteiger charge is 2.08. The number of carbonyl (C=O) groups is 1. The molecule has 0 saturated carbocycles. The second-order valence-electron chi connectivity index (χ2n) is 3.55. The number of hydrogen-bond acceptors (Lipinski definition) is 4. The fourth-order valence-corrected chi connectivity index (χ4v) is 1.44. The average molecular weight is 252 g/mol. The topological polar surface area (TPSA) is 71.2 Å². The van der Waals surface area contributed by atoms with Crippen molar-refractivity contribution in [2.24, 2.45) is 5.73 Å². The predicted molar refractivity (Wildman–Crippen MR) is 72.1 cm³/mol. The highest BCUT2D eigenvalue weighted by molar-refractivity contribution is 7.80. The van der Waals surface area contributed by atoms with Gasteiger partial charge in [-0.2, -0.15) is 0 Å². The number of rotatable bonds is 5. The van der Waals surface area contributed by atoms with Gasteiger partial charge in [-0.05, 0) is 19.1 Å². The molecular formula is C11H16N4OS. The van der Waals surface area contributed by atoms with Gasteiger partial charge in [-0.3, -0.25) is 4.79 Å². The summed E-state index contributed by atoms with van der Waals surface area (Å²) in [7, 11) is 1.79. The number of carbonyl (C=O) groups excluding carboxylic acids is 1. The molecule has 0 aliphatic carbocycles. The molecule has 1 rings (SSSR count). The Morgan fingerprint density at radius 3 is 2.88 bits per heavy atom. The van der Waals surface area contributed by atoms with Gasteiger partial charge in [0.1, 0.15) is 10.8 Å². The third kappa shape index (κ3) is 3.99. The Morgan fingerprint density at radius 2 is 2.29 bits per heavy atom. The minimum atomic E-state index is -0.0440. The van der Waals surface area contributed by atoms with Crippen LogP contribution in [0.25, 0.3) is 0 Å². The SMILES string of the molecule is CCNC(=O)CN(C)c1cccc(C(N)=S)n1. The molecule has 0 radical (unpaired) electrons. The summed E-state index contributed by atoms with van der Waals surface area (Å²) in [6.07, 6.45) is 0. The van der Waals surface area contributed by atoms with E-state index in [4.69, 9.17) is 18.0 Å². The molecular weight excluding hydrogens is 236 g/mol. The van der Waals surface area contributed by atoms with Crippen LogP contribution in [0.3, 0.4) is 0 Å². The molecule has 0 unspecified atom stereocenters. The molecule has 0 saturated heterocycles. The summed E-state index contributed by atoms with van der Waals surface area (Å²) in [6.45, 7) is 2.75. The molecule has 0 aliphatic heterocycles. The van der Waals surface area contributed by atoms with E-state index in [0.29, 0.717) is 18.1 Å². The lowest BCUT2D eigenvalue weighted by atomic mass is 10.3. The first-order valence-electron chi connectivity index (χ1n) is 5.29. The number of anilines is 1. The Bertz CT molecular complexity index is 422. The molecule has 0 aliphatic rings. The van der Waals surface area contributed by atoms with E-state index in [1.807, 2.05) is 13.0 Å². The highest BCUT2D eigenvalue weighted by atomic mass is 32.1. The van der Waals surface area contributed by atoms with Crippen molar-refractivity contribution in [1.82, 2.24) is 10.3 Å². The van der Waals surface area contributed by atoms with Gasteiger partial charge in [0.2, 0.25) is 5.91 Å². The van der Waals surface area contributed by atoms with Crippen molar-refractivity contribution in [2.75, 3.05) is 25.0 Å². The summed E-state index contributed by atoms with van der Waals surface area (Å²) >= 11 is 4.86. The zero-order valence-corrected chi connectivity index (χ0v) is 10.8. The average Bonchev–Trinajstić information content (AvgIpc) is 2.29. The van der Waals surface area contributed by atoms with Crippen LogP contribution in [0.5, 0.6) is 0 Å². The summed E-state index contributed by atoms with van der Waals surface area (Å²) in [4.78, 5) is 17.7. The molecule has 0 fully saturated rings. The fraction of sp³-hybridized carbons (Fsp3) is 0.364. The van der Waals surface area contributed by atoms with Crippen molar-refractivity contribution in [3.8, 4) is 0 Å². The maximum Gasteiger partial charge on any atom is 0.239 e. The van der Waals surface area contributed by atoms with Crippen LogP contribution in [0, 0.1) is 0 Å². The second kappa shape index (κ2) is 6.15. The minimum absolute atomic E-state index is 0.0440. The number of nitrogens with one attached hydrogen (secondary N) is 1. The van der Waals surface area contributed by atoms with E-state index in [0.717, 1.165) is 0 Å². The quantitative estimate of drug-likeness (QED) is 0.737. The zero-order valence-electron chi connectivity index (χ0n) is 9.93. The first-order chi connectivity index (χ1) is 8.04. The monoisotopic (exact) mass is 252 g/mol.